The van der Waals surface area contributed by atoms with Crippen molar-refractivity contribution >= 4 is 0 Å². The summed E-state index contributed by atoms with van der Waals surface area (Å²) in [6.45, 7) is 1.54. The van der Waals surface area contributed by atoms with Crippen LogP contribution in [-0.4, -0.2) is 5.11 Å². The zero-order chi connectivity index (χ0) is 18.1. The number of hydrogen-bond donors (Lipinski definition) is 1. The highest BCUT2D eigenvalue weighted by Crippen LogP contribution is 2.39. The minimum Gasteiger partial charge on any atom is -0.388 e. The van der Waals surface area contributed by atoms with E-state index in [0.717, 1.165) is 0 Å². The fourth-order valence-corrected chi connectivity index (χ4v) is 2.38. The van der Waals surface area contributed by atoms with Crippen LogP contribution in [0.2, 0.25) is 0 Å². The molecule has 0 aliphatic heterocycles. The maximum atomic E-state index is 12.9. The molecule has 1 N–H and O–H groups in total. The van der Waals surface area contributed by atoms with Crippen molar-refractivity contribution in [2.45, 2.75) is 31.3 Å². The second kappa shape index (κ2) is 6.47. The summed E-state index contributed by atoms with van der Waals surface area (Å²) in [4.78, 5) is 0. The smallest absolute Gasteiger partial charge is 0.388 e. The maximum Gasteiger partial charge on any atom is 0.416 e. The van der Waals surface area contributed by atoms with E-state index in [1.165, 1.54) is 6.92 Å². The van der Waals surface area contributed by atoms with Crippen molar-refractivity contribution in [3.05, 3.63) is 70.8 Å². The van der Waals surface area contributed by atoms with Crippen LogP contribution in [0, 0.1) is 0 Å². The molecule has 7 heteroatoms. The van der Waals surface area contributed by atoms with Gasteiger partial charge in [-0.3, -0.25) is 0 Å². The van der Waals surface area contributed by atoms with Gasteiger partial charge in [-0.05, 0) is 29.3 Å². The van der Waals surface area contributed by atoms with E-state index in [1.54, 1.807) is 30.3 Å². The van der Waals surface area contributed by atoms with Crippen molar-refractivity contribution in [3.63, 3.8) is 0 Å². The molecule has 0 amide bonds. The van der Waals surface area contributed by atoms with Crippen LogP contribution in [-0.2, 0) is 12.4 Å². The van der Waals surface area contributed by atoms with Crippen molar-refractivity contribution < 1.29 is 31.4 Å². The lowest BCUT2D eigenvalue weighted by atomic mass is 9.89. The summed E-state index contributed by atoms with van der Waals surface area (Å²) < 4.78 is 77.2. The van der Waals surface area contributed by atoms with Gasteiger partial charge >= 0.3 is 12.4 Å². The summed E-state index contributed by atoms with van der Waals surface area (Å²) in [5.74, 6) is -0.671. The molecule has 2 aromatic rings. The van der Waals surface area contributed by atoms with Crippen LogP contribution in [0.3, 0.4) is 0 Å². The second-order valence-electron chi connectivity index (χ2n) is 5.48. The topological polar surface area (TPSA) is 20.2 Å². The Morgan fingerprint density at radius 1 is 0.750 bits per heavy atom. The monoisotopic (exact) mass is 348 g/mol. The SMILES string of the molecule is CC(c1ccccc1)C(O)c1cc(C(F)(F)F)cc(C(F)(F)F)c1. The van der Waals surface area contributed by atoms with Crippen LogP contribution < -0.4 is 0 Å². The predicted molar refractivity (Wildman–Crippen MR) is 76.3 cm³/mol. The van der Waals surface area contributed by atoms with Crippen LogP contribution in [0.4, 0.5) is 26.3 Å². The zero-order valence-corrected chi connectivity index (χ0v) is 12.5. The van der Waals surface area contributed by atoms with Crippen LogP contribution in [0.15, 0.2) is 48.5 Å². The Balaban J connectivity index is 2.48. The summed E-state index contributed by atoms with van der Waals surface area (Å²) in [6, 6.07) is 9.51. The summed E-state index contributed by atoms with van der Waals surface area (Å²) in [6.07, 6.45) is -11.4. The third kappa shape index (κ3) is 4.08. The van der Waals surface area contributed by atoms with Crippen LogP contribution in [0.25, 0.3) is 0 Å². The molecule has 0 saturated carbocycles. The Bertz CT molecular complexity index is 658. The molecule has 2 atom stereocenters. The lowest BCUT2D eigenvalue weighted by Crippen LogP contribution is -2.15. The van der Waals surface area contributed by atoms with E-state index >= 15 is 0 Å². The highest BCUT2D eigenvalue weighted by molar-refractivity contribution is 5.36. The lowest BCUT2D eigenvalue weighted by Gasteiger charge is -2.22. The summed E-state index contributed by atoms with van der Waals surface area (Å²) in [5.41, 5.74) is -2.69. The van der Waals surface area contributed by atoms with Crippen molar-refractivity contribution in [3.8, 4) is 0 Å². The summed E-state index contributed by atoms with van der Waals surface area (Å²) >= 11 is 0. The summed E-state index contributed by atoms with van der Waals surface area (Å²) in [7, 11) is 0. The molecular formula is C17H14F6O. The normalized spacial score (nSPS) is 15.2. The first-order valence-corrected chi connectivity index (χ1v) is 7.02. The first-order chi connectivity index (χ1) is 11.0. The Kier molecular flexibility index (Phi) is 4.94. The number of alkyl halides is 6. The zero-order valence-electron chi connectivity index (χ0n) is 12.5. The Morgan fingerprint density at radius 3 is 1.62 bits per heavy atom. The van der Waals surface area contributed by atoms with Gasteiger partial charge in [0.1, 0.15) is 0 Å². The third-order valence-electron chi connectivity index (χ3n) is 3.75. The molecule has 130 valence electrons. The largest absolute Gasteiger partial charge is 0.416 e. The average molecular weight is 348 g/mol. The highest BCUT2D eigenvalue weighted by atomic mass is 19.4. The van der Waals surface area contributed by atoms with Gasteiger partial charge in [0.15, 0.2) is 0 Å². The van der Waals surface area contributed by atoms with Crippen molar-refractivity contribution in [1.82, 2.24) is 0 Å². The Hall–Kier alpha value is -2.02. The van der Waals surface area contributed by atoms with E-state index in [1.807, 2.05) is 0 Å². The number of halogens is 6. The number of benzene rings is 2. The Labute approximate surface area is 134 Å². The first kappa shape index (κ1) is 18.3. The molecule has 1 nitrogen and oxygen atoms in total. The van der Waals surface area contributed by atoms with Crippen LogP contribution in [0.5, 0.6) is 0 Å². The molecule has 0 aromatic heterocycles. The van der Waals surface area contributed by atoms with Gasteiger partial charge in [0, 0.05) is 5.92 Å². The van der Waals surface area contributed by atoms with E-state index in [-0.39, 0.29) is 6.07 Å². The molecule has 24 heavy (non-hydrogen) atoms. The number of rotatable bonds is 3. The molecule has 0 fully saturated rings. The van der Waals surface area contributed by atoms with Gasteiger partial charge in [0.25, 0.3) is 0 Å². The Morgan fingerprint density at radius 2 is 1.21 bits per heavy atom. The van der Waals surface area contributed by atoms with Gasteiger partial charge in [-0.1, -0.05) is 37.3 Å². The van der Waals surface area contributed by atoms with Gasteiger partial charge < -0.3 is 5.11 Å². The average Bonchev–Trinajstić information content (AvgIpc) is 2.52. The van der Waals surface area contributed by atoms with Crippen molar-refractivity contribution in [1.29, 1.82) is 0 Å². The van der Waals surface area contributed by atoms with Crippen molar-refractivity contribution in [2.75, 3.05) is 0 Å². The van der Waals surface area contributed by atoms with Gasteiger partial charge in [-0.2, -0.15) is 26.3 Å². The van der Waals surface area contributed by atoms with Crippen molar-refractivity contribution in [2.24, 2.45) is 0 Å². The van der Waals surface area contributed by atoms with E-state index in [4.69, 9.17) is 0 Å². The lowest BCUT2D eigenvalue weighted by molar-refractivity contribution is -0.143. The van der Waals surface area contributed by atoms with E-state index in [9.17, 15) is 31.4 Å². The molecule has 2 rings (SSSR count). The fraction of sp³-hybridized carbons (Fsp3) is 0.294. The minimum absolute atomic E-state index is 0.0450. The van der Waals surface area contributed by atoms with Gasteiger partial charge in [-0.15, -0.1) is 0 Å². The molecule has 2 aromatic carbocycles. The van der Waals surface area contributed by atoms with Gasteiger partial charge in [0.05, 0.1) is 17.2 Å². The molecule has 2 unspecified atom stereocenters. The van der Waals surface area contributed by atoms with E-state index in [0.29, 0.717) is 17.7 Å². The van der Waals surface area contributed by atoms with Crippen LogP contribution >= 0.6 is 0 Å². The quantitative estimate of drug-likeness (QED) is 0.720. The van der Waals surface area contributed by atoms with E-state index < -0.39 is 41.1 Å². The molecule has 0 bridgehead atoms. The molecule has 0 aliphatic rings. The minimum atomic E-state index is -4.94. The number of hydrogen-bond acceptors (Lipinski definition) is 1. The van der Waals surface area contributed by atoms with Crippen LogP contribution in [0.1, 0.15) is 41.2 Å². The first-order valence-electron chi connectivity index (χ1n) is 7.02. The van der Waals surface area contributed by atoms with Gasteiger partial charge in [0.2, 0.25) is 0 Å². The number of aliphatic hydroxyl groups excluding tert-OH is 1. The second-order valence-corrected chi connectivity index (χ2v) is 5.48. The molecule has 0 aliphatic carbocycles. The fourth-order valence-electron chi connectivity index (χ4n) is 2.38. The van der Waals surface area contributed by atoms with E-state index in [2.05, 4.69) is 0 Å². The summed E-state index contributed by atoms with van der Waals surface area (Å²) in [5, 5.41) is 10.3. The third-order valence-corrected chi connectivity index (χ3v) is 3.75. The highest BCUT2D eigenvalue weighted by Gasteiger charge is 2.37. The standard InChI is InChI=1S/C17H14F6O/c1-10(11-5-3-2-4-6-11)15(24)12-7-13(16(18,19)20)9-14(8-12)17(21,22)23/h2-10,15,24H,1H3. The molecular weight excluding hydrogens is 334 g/mol. The van der Waals surface area contributed by atoms with Gasteiger partial charge in [-0.25, -0.2) is 0 Å². The maximum absolute atomic E-state index is 12.9. The predicted octanol–water partition coefficient (Wildman–Crippen LogP) is 5.56. The molecule has 0 saturated heterocycles. The molecule has 0 radical (unpaired) electrons. The molecule has 0 spiro atoms. The number of aliphatic hydroxyl groups is 1. The molecule has 0 heterocycles.